The maximum absolute atomic E-state index is 12.8. The standard InChI is InChI=1S/C22H23N3O4S3/c1-28-17-11-14(7-8-16(17)29-15-5-3-2-4-6-15)12-18-20(27)25(22(30)32-18)13-19(26)24-21-23-9-10-31-21/h7-12,15H,2-6,13H2,1H3,(H,23,24,26)/b18-12-. The first kappa shape index (κ1) is 22.8. The number of nitrogens with zero attached hydrogens (tertiary/aromatic N) is 2. The van der Waals surface area contributed by atoms with Crippen LogP contribution in [-0.4, -0.2) is 45.8 Å². The second-order valence-electron chi connectivity index (χ2n) is 7.44. The van der Waals surface area contributed by atoms with Crippen LogP contribution in [0.2, 0.25) is 0 Å². The number of hydrogen-bond acceptors (Lipinski definition) is 8. The molecule has 1 aromatic heterocycles. The number of rotatable bonds is 7. The highest BCUT2D eigenvalue weighted by atomic mass is 32.2. The molecule has 10 heteroatoms. The number of thiocarbonyl (C=S) groups is 1. The minimum Gasteiger partial charge on any atom is -0.493 e. The molecule has 1 saturated heterocycles. The summed E-state index contributed by atoms with van der Waals surface area (Å²) in [5.41, 5.74) is 0.797. The van der Waals surface area contributed by atoms with E-state index in [0.29, 0.717) is 25.9 Å². The van der Waals surface area contributed by atoms with E-state index >= 15 is 0 Å². The molecule has 0 radical (unpaired) electrons. The molecule has 2 fully saturated rings. The van der Waals surface area contributed by atoms with Gasteiger partial charge in [0.05, 0.1) is 18.1 Å². The topological polar surface area (TPSA) is 80.8 Å². The van der Waals surface area contributed by atoms with Gasteiger partial charge in [-0.15, -0.1) is 11.3 Å². The molecule has 1 saturated carbocycles. The lowest BCUT2D eigenvalue weighted by molar-refractivity contribution is -0.126. The molecule has 0 atom stereocenters. The first-order valence-corrected chi connectivity index (χ1v) is 12.4. The van der Waals surface area contributed by atoms with E-state index in [9.17, 15) is 9.59 Å². The summed E-state index contributed by atoms with van der Waals surface area (Å²) in [5, 5.41) is 4.91. The lowest BCUT2D eigenvalue weighted by Gasteiger charge is -2.24. The van der Waals surface area contributed by atoms with Crippen LogP contribution in [-0.2, 0) is 9.59 Å². The minimum atomic E-state index is -0.344. The van der Waals surface area contributed by atoms with Crippen molar-refractivity contribution in [2.45, 2.75) is 38.2 Å². The Kier molecular flexibility index (Phi) is 7.44. The van der Waals surface area contributed by atoms with Crippen LogP contribution < -0.4 is 14.8 Å². The van der Waals surface area contributed by atoms with Gasteiger partial charge in [0.25, 0.3) is 5.91 Å². The zero-order valence-electron chi connectivity index (χ0n) is 17.5. The SMILES string of the molecule is COc1cc(/C=C2\SC(=S)N(CC(=O)Nc3nccs3)C2=O)ccc1OC1CCCCC1. The van der Waals surface area contributed by atoms with Gasteiger partial charge >= 0.3 is 0 Å². The van der Waals surface area contributed by atoms with Crippen LogP contribution >= 0.6 is 35.3 Å². The number of carbonyl (C=O) groups excluding carboxylic acids is 2. The Morgan fingerprint density at radius 2 is 2.12 bits per heavy atom. The van der Waals surface area contributed by atoms with Crippen molar-refractivity contribution >= 4 is 62.7 Å². The second-order valence-corrected chi connectivity index (χ2v) is 10.0. The van der Waals surface area contributed by atoms with Gasteiger partial charge in [0.2, 0.25) is 5.91 Å². The predicted molar refractivity (Wildman–Crippen MR) is 131 cm³/mol. The molecule has 4 rings (SSSR count). The van der Waals surface area contributed by atoms with Crippen molar-refractivity contribution in [1.82, 2.24) is 9.88 Å². The number of aromatic nitrogens is 1. The van der Waals surface area contributed by atoms with E-state index in [-0.39, 0.29) is 24.5 Å². The fraction of sp³-hybridized carbons (Fsp3) is 0.364. The molecule has 0 spiro atoms. The molecular formula is C22H23N3O4S3. The number of nitrogens with one attached hydrogen (secondary N) is 1. The maximum Gasteiger partial charge on any atom is 0.266 e. The Morgan fingerprint density at radius 1 is 1.31 bits per heavy atom. The summed E-state index contributed by atoms with van der Waals surface area (Å²) >= 11 is 7.81. The normalized spacial score (nSPS) is 18.3. The van der Waals surface area contributed by atoms with Gasteiger partial charge in [-0.3, -0.25) is 14.5 Å². The molecule has 2 amide bonds. The number of thiazole rings is 1. The average molecular weight is 490 g/mol. The Morgan fingerprint density at radius 3 is 2.84 bits per heavy atom. The summed E-state index contributed by atoms with van der Waals surface area (Å²) in [7, 11) is 1.60. The van der Waals surface area contributed by atoms with Gasteiger partial charge in [0, 0.05) is 11.6 Å². The quantitative estimate of drug-likeness (QED) is 0.446. The van der Waals surface area contributed by atoms with Crippen LogP contribution in [0.25, 0.3) is 6.08 Å². The van der Waals surface area contributed by atoms with E-state index in [1.165, 1.54) is 47.3 Å². The highest BCUT2D eigenvalue weighted by Crippen LogP contribution is 2.36. The van der Waals surface area contributed by atoms with Gasteiger partial charge in [-0.05, 0) is 49.5 Å². The monoisotopic (exact) mass is 489 g/mol. The Balaban J connectivity index is 1.44. The van der Waals surface area contributed by atoms with Crippen molar-refractivity contribution in [2.75, 3.05) is 19.0 Å². The van der Waals surface area contributed by atoms with Crippen molar-refractivity contribution in [3.8, 4) is 11.5 Å². The summed E-state index contributed by atoms with van der Waals surface area (Å²) < 4.78 is 12.0. The summed E-state index contributed by atoms with van der Waals surface area (Å²) in [5.74, 6) is 0.699. The lowest BCUT2D eigenvalue weighted by Crippen LogP contribution is -2.36. The number of ether oxygens (including phenoxy) is 2. The lowest BCUT2D eigenvalue weighted by atomic mass is 9.98. The molecule has 0 unspecified atom stereocenters. The van der Waals surface area contributed by atoms with Crippen molar-refractivity contribution < 1.29 is 19.1 Å². The van der Waals surface area contributed by atoms with Gasteiger partial charge < -0.3 is 14.8 Å². The van der Waals surface area contributed by atoms with E-state index in [2.05, 4.69) is 10.3 Å². The Labute approximate surface area is 200 Å². The van der Waals surface area contributed by atoms with Gasteiger partial charge in [-0.2, -0.15) is 0 Å². The second kappa shape index (κ2) is 10.5. The van der Waals surface area contributed by atoms with Crippen LogP contribution in [0.5, 0.6) is 11.5 Å². The van der Waals surface area contributed by atoms with Crippen molar-refractivity contribution in [3.63, 3.8) is 0 Å². The molecule has 1 aliphatic heterocycles. The van der Waals surface area contributed by atoms with E-state index in [0.717, 1.165) is 18.4 Å². The Bertz CT molecular complexity index is 1030. The van der Waals surface area contributed by atoms with Crippen LogP contribution in [0.1, 0.15) is 37.7 Å². The third-order valence-corrected chi connectivity index (χ3v) is 7.25. The number of methoxy groups -OCH3 is 1. The number of amides is 2. The molecule has 1 N–H and O–H groups in total. The number of hydrogen-bond donors (Lipinski definition) is 1. The molecular weight excluding hydrogens is 466 g/mol. The van der Waals surface area contributed by atoms with Gasteiger partial charge in [0.1, 0.15) is 10.9 Å². The number of carbonyl (C=O) groups is 2. The zero-order chi connectivity index (χ0) is 22.5. The highest BCUT2D eigenvalue weighted by molar-refractivity contribution is 8.26. The van der Waals surface area contributed by atoms with Gasteiger partial charge in [-0.1, -0.05) is 36.5 Å². The molecule has 32 heavy (non-hydrogen) atoms. The average Bonchev–Trinajstić information content (AvgIpc) is 3.39. The smallest absolute Gasteiger partial charge is 0.266 e. The molecule has 2 heterocycles. The highest BCUT2D eigenvalue weighted by Gasteiger charge is 2.33. The van der Waals surface area contributed by atoms with Crippen molar-refractivity contribution in [3.05, 3.63) is 40.2 Å². The van der Waals surface area contributed by atoms with Crippen LogP contribution in [0.4, 0.5) is 5.13 Å². The summed E-state index contributed by atoms with van der Waals surface area (Å²) in [6, 6.07) is 5.61. The molecule has 1 aromatic carbocycles. The van der Waals surface area contributed by atoms with Crippen molar-refractivity contribution in [2.24, 2.45) is 0 Å². The molecule has 168 valence electrons. The summed E-state index contributed by atoms with van der Waals surface area (Å²) in [4.78, 5) is 30.9. The largest absolute Gasteiger partial charge is 0.493 e. The number of thioether (sulfide) groups is 1. The summed E-state index contributed by atoms with van der Waals surface area (Å²) in [6.45, 7) is -0.154. The molecule has 0 bridgehead atoms. The first-order chi connectivity index (χ1) is 15.5. The summed E-state index contributed by atoms with van der Waals surface area (Å²) in [6.07, 6.45) is 9.33. The Hall–Kier alpha value is -2.43. The van der Waals surface area contributed by atoms with Crippen LogP contribution in [0.3, 0.4) is 0 Å². The third-order valence-electron chi connectivity index (χ3n) is 5.19. The van der Waals surface area contributed by atoms with E-state index < -0.39 is 0 Å². The first-order valence-electron chi connectivity index (χ1n) is 10.3. The minimum absolute atomic E-state index is 0.154. The fourth-order valence-electron chi connectivity index (χ4n) is 3.61. The number of benzene rings is 1. The maximum atomic E-state index is 12.8. The predicted octanol–water partition coefficient (Wildman–Crippen LogP) is 4.70. The van der Waals surface area contributed by atoms with E-state index in [4.69, 9.17) is 21.7 Å². The number of anilines is 1. The molecule has 2 aliphatic rings. The van der Waals surface area contributed by atoms with E-state index in [1.54, 1.807) is 24.8 Å². The van der Waals surface area contributed by atoms with Crippen LogP contribution in [0, 0.1) is 0 Å². The van der Waals surface area contributed by atoms with Crippen molar-refractivity contribution in [1.29, 1.82) is 0 Å². The fourth-order valence-corrected chi connectivity index (χ4v) is 5.41. The molecule has 2 aromatic rings. The third kappa shape index (κ3) is 5.48. The molecule has 1 aliphatic carbocycles. The van der Waals surface area contributed by atoms with Crippen LogP contribution in [0.15, 0.2) is 34.7 Å². The van der Waals surface area contributed by atoms with E-state index in [1.807, 2.05) is 18.2 Å². The zero-order valence-corrected chi connectivity index (χ0v) is 20.0. The van der Waals surface area contributed by atoms with Gasteiger partial charge in [-0.25, -0.2) is 4.98 Å². The van der Waals surface area contributed by atoms with Gasteiger partial charge in [0.15, 0.2) is 16.6 Å². The molecule has 7 nitrogen and oxygen atoms in total.